The molecule has 5 aliphatic rings. The second-order valence-electron chi connectivity index (χ2n) is 23.7. The van der Waals surface area contributed by atoms with Crippen molar-refractivity contribution >= 4 is 59.2 Å². The molecule has 3 saturated carbocycles. The van der Waals surface area contributed by atoms with Crippen LogP contribution in [0, 0.1) is 19.3 Å². The van der Waals surface area contributed by atoms with Crippen molar-refractivity contribution in [1.82, 2.24) is 65.3 Å². The molecule has 5 fully saturated rings. The van der Waals surface area contributed by atoms with E-state index in [9.17, 15) is 58.8 Å². The third kappa shape index (κ3) is 21.7. The van der Waals surface area contributed by atoms with Gasteiger partial charge >= 0.3 is 23.9 Å². The van der Waals surface area contributed by atoms with Crippen molar-refractivity contribution in [2.24, 2.45) is 5.41 Å². The SMILES string of the molecule is CCc1nn2c(C)cc(C)nc2c1Cc1ccc(/C=C/CN2CCN(CC34CC(NC(=O)CNC(=O)CCOCCOCCNC(=O)[C@H](CCC(=O)O)NC(=O)CN5CCN(CC(=O)O)CCN(CC(=O)O)CCN(CC(=O)O)CC5)(C3)C4)CC2)cc1. The van der Waals surface area contributed by atoms with Gasteiger partial charge in [0.15, 0.2) is 5.65 Å². The Morgan fingerprint density at radius 3 is 1.76 bits per heavy atom. The molecule has 478 valence electrons. The maximum absolute atomic E-state index is 13.4. The number of hydrogen-bond donors (Lipinski definition) is 8. The van der Waals surface area contributed by atoms with Crippen LogP contribution in [0.4, 0.5) is 0 Å². The first kappa shape index (κ1) is 67.5. The number of carbonyl (C=O) groups excluding carboxylic acids is 4. The van der Waals surface area contributed by atoms with Gasteiger partial charge in [0.1, 0.15) is 6.04 Å². The lowest BCUT2D eigenvalue weighted by atomic mass is 9.39. The highest BCUT2D eigenvalue weighted by Gasteiger charge is 2.68. The molecule has 27 nitrogen and oxygen atoms in total. The summed E-state index contributed by atoms with van der Waals surface area (Å²) in [7, 11) is 0. The zero-order valence-electron chi connectivity index (χ0n) is 50.6. The molecule has 8 rings (SSSR count). The number of aliphatic carboxylic acids is 4. The molecule has 2 bridgehead atoms. The van der Waals surface area contributed by atoms with E-state index in [0.29, 0.717) is 0 Å². The number of rotatable bonds is 33. The number of hydrogen-bond acceptors (Lipinski definition) is 18. The van der Waals surface area contributed by atoms with Crippen LogP contribution >= 0.6 is 0 Å². The Hall–Kier alpha value is -6.98. The lowest BCUT2D eigenvalue weighted by Gasteiger charge is -2.71. The van der Waals surface area contributed by atoms with E-state index < -0.39 is 48.2 Å². The van der Waals surface area contributed by atoms with E-state index in [1.54, 1.807) is 19.6 Å². The Balaban J connectivity index is 0.711. The Bertz CT molecular complexity index is 2830. The minimum Gasteiger partial charge on any atom is -0.481 e. The third-order valence-corrected chi connectivity index (χ3v) is 16.5. The lowest BCUT2D eigenvalue weighted by molar-refractivity contribution is -0.175. The molecule has 27 heteroatoms. The summed E-state index contributed by atoms with van der Waals surface area (Å²) in [6.07, 6.45) is 8.38. The van der Waals surface area contributed by atoms with Crippen molar-refractivity contribution in [3.63, 3.8) is 0 Å². The fourth-order valence-corrected chi connectivity index (χ4v) is 12.3. The average molecular weight is 1220 g/mol. The Morgan fingerprint density at radius 1 is 0.644 bits per heavy atom. The number of ether oxygens (including phenoxy) is 2. The van der Waals surface area contributed by atoms with Crippen molar-refractivity contribution in [3.8, 4) is 0 Å². The van der Waals surface area contributed by atoms with Crippen LogP contribution in [0.5, 0.6) is 0 Å². The number of aryl methyl sites for hydroxylation is 3. The van der Waals surface area contributed by atoms with Gasteiger partial charge in [-0.2, -0.15) is 5.10 Å². The first-order valence-electron chi connectivity index (χ1n) is 30.3. The molecule has 8 N–H and O–H groups in total. The monoisotopic (exact) mass is 1220 g/mol. The summed E-state index contributed by atoms with van der Waals surface area (Å²) in [6, 6.07) is 9.62. The van der Waals surface area contributed by atoms with Gasteiger partial charge in [-0.25, -0.2) is 9.50 Å². The van der Waals surface area contributed by atoms with Gasteiger partial charge < -0.3 is 56.1 Å². The first-order chi connectivity index (χ1) is 41.7. The fraction of sp³-hybridized carbons (Fsp3) is 0.633. The average Bonchev–Trinajstić information content (AvgIpc) is 1.16. The Labute approximate surface area is 507 Å². The number of carboxylic acid groups (broad SMARTS) is 4. The van der Waals surface area contributed by atoms with E-state index in [1.807, 2.05) is 11.4 Å². The van der Waals surface area contributed by atoms with E-state index >= 15 is 0 Å². The van der Waals surface area contributed by atoms with Crippen LogP contribution in [0.3, 0.4) is 0 Å². The molecule has 3 aliphatic carbocycles. The number of aromatic nitrogens is 3. The molecule has 2 aromatic heterocycles. The van der Waals surface area contributed by atoms with Gasteiger partial charge in [0.2, 0.25) is 23.6 Å². The van der Waals surface area contributed by atoms with Crippen molar-refractivity contribution in [2.45, 2.75) is 83.7 Å². The van der Waals surface area contributed by atoms with Gasteiger partial charge in [0, 0.05) is 140 Å². The van der Waals surface area contributed by atoms with Gasteiger partial charge in [0.25, 0.3) is 0 Å². The molecule has 3 aromatic rings. The number of piperazine rings is 1. The number of benzene rings is 1. The molecule has 2 aliphatic heterocycles. The van der Waals surface area contributed by atoms with Crippen LogP contribution in [0.15, 0.2) is 36.4 Å². The molecular weight excluding hydrogens is 1130 g/mol. The molecule has 0 radical (unpaired) electrons. The van der Waals surface area contributed by atoms with Crippen LogP contribution in [-0.2, 0) is 60.7 Å². The smallest absolute Gasteiger partial charge is 0.317 e. The highest BCUT2D eigenvalue weighted by Crippen LogP contribution is 2.67. The molecular formula is C60H89N13O14. The number of amides is 4. The number of carbonyl (C=O) groups is 8. The maximum atomic E-state index is 13.4. The summed E-state index contributed by atoms with van der Waals surface area (Å²) in [5.74, 6) is -6.22. The largest absolute Gasteiger partial charge is 0.481 e. The van der Waals surface area contributed by atoms with Crippen molar-refractivity contribution in [2.75, 3.05) is 157 Å². The minimum atomic E-state index is -1.21. The van der Waals surface area contributed by atoms with Gasteiger partial charge in [-0.1, -0.05) is 43.3 Å². The van der Waals surface area contributed by atoms with Gasteiger partial charge in [-0.3, -0.25) is 62.9 Å². The molecule has 4 heterocycles. The number of nitrogens with zero attached hydrogens (tertiary/aromatic N) is 9. The van der Waals surface area contributed by atoms with Crippen LogP contribution in [-0.4, -0.2) is 281 Å². The lowest BCUT2D eigenvalue weighted by Crippen LogP contribution is -2.77. The third-order valence-electron chi connectivity index (χ3n) is 16.5. The van der Waals surface area contributed by atoms with Gasteiger partial charge in [-0.15, -0.1) is 0 Å². The van der Waals surface area contributed by atoms with Gasteiger partial charge in [0.05, 0.1) is 64.8 Å². The predicted octanol–water partition coefficient (Wildman–Crippen LogP) is -0.350. The standard InChI is InChI=1S/C60H89N13O14/c1-4-48-47(57-63-43(2)32-44(3)73(57)66-48)33-46-9-7-45(8-10-46)6-5-15-67-16-26-72(27-17-67)42-59-39-60(40-59,41-59)65-51(75)34-62-50(74)13-28-86-30-31-87-29-14-61-58(85)49(11-12-53(77)78)64-52(76)35-68-18-20-69(36-54(79)80)22-24-71(38-56(83)84)25-23-70(21-19-68)37-55(81)82/h5-10,32,49H,4,11-31,33-42H2,1-3H3,(H,61,85)(H,62,74)(H,64,76)(H,65,75)(H,77,78)(H,79,80)(H,81,82)(H,83,84)/b6-5+/t49-,59?,60?/m0/s1. The predicted molar refractivity (Wildman–Crippen MR) is 320 cm³/mol. The summed E-state index contributed by atoms with van der Waals surface area (Å²) in [6.45, 7) is 12.8. The van der Waals surface area contributed by atoms with Crippen molar-refractivity contribution < 1.29 is 68.3 Å². The molecule has 1 aromatic carbocycles. The Morgan fingerprint density at radius 2 is 1.20 bits per heavy atom. The van der Waals surface area contributed by atoms with Crippen LogP contribution in [0.1, 0.15) is 79.2 Å². The van der Waals surface area contributed by atoms with Gasteiger partial charge in [-0.05, 0) is 68.6 Å². The maximum Gasteiger partial charge on any atom is 0.317 e. The number of fused-ring (bicyclic) bond motifs is 1. The number of nitrogens with one attached hydrogen (secondary N) is 4. The first-order valence-corrected chi connectivity index (χ1v) is 30.3. The Kier molecular flexibility index (Phi) is 25.5. The zero-order valence-corrected chi connectivity index (χ0v) is 50.6. The van der Waals surface area contributed by atoms with E-state index in [-0.39, 0.29) is 154 Å². The molecule has 2 saturated heterocycles. The van der Waals surface area contributed by atoms with Crippen LogP contribution < -0.4 is 21.3 Å². The van der Waals surface area contributed by atoms with E-state index in [1.165, 1.54) is 16.7 Å². The topological polar surface area (TPSA) is 334 Å². The quantitative estimate of drug-likeness (QED) is 0.0361. The highest BCUT2D eigenvalue weighted by molar-refractivity contribution is 5.89. The summed E-state index contributed by atoms with van der Waals surface area (Å²) in [4.78, 5) is 115. The molecule has 0 unspecified atom stereocenters. The normalized spacial score (nSPS) is 20.6. The van der Waals surface area contributed by atoms with E-state index in [4.69, 9.17) is 19.6 Å². The molecule has 0 spiro atoms. The number of carboxylic acids is 4. The summed E-state index contributed by atoms with van der Waals surface area (Å²) >= 11 is 0. The fourth-order valence-electron chi connectivity index (χ4n) is 12.3. The summed E-state index contributed by atoms with van der Waals surface area (Å²) in [5.41, 5.74) is 7.82. The highest BCUT2D eigenvalue weighted by atomic mass is 16.5. The summed E-state index contributed by atoms with van der Waals surface area (Å²) < 4.78 is 13.0. The van der Waals surface area contributed by atoms with Crippen molar-refractivity contribution in [1.29, 1.82) is 0 Å². The summed E-state index contributed by atoms with van der Waals surface area (Å²) in [5, 5.41) is 53.7. The zero-order chi connectivity index (χ0) is 62.5. The van der Waals surface area contributed by atoms with Crippen LogP contribution in [0.2, 0.25) is 0 Å². The molecule has 1 atom stereocenters. The second-order valence-corrected chi connectivity index (χ2v) is 23.7. The van der Waals surface area contributed by atoms with Crippen molar-refractivity contribution in [3.05, 3.63) is 70.2 Å². The molecule has 87 heavy (non-hydrogen) atoms. The van der Waals surface area contributed by atoms with E-state index in [2.05, 4.69) is 87.4 Å². The van der Waals surface area contributed by atoms with E-state index in [0.717, 1.165) is 94.1 Å². The van der Waals surface area contributed by atoms with Crippen LogP contribution in [0.25, 0.3) is 11.7 Å². The molecule has 4 amide bonds. The second kappa shape index (κ2) is 32.8. The minimum absolute atomic E-state index is 0.0277.